The maximum atomic E-state index is 13.3. The van der Waals surface area contributed by atoms with Crippen LogP contribution in [0.3, 0.4) is 0 Å². The Balaban J connectivity index is 0.00000324. The third-order valence-corrected chi connectivity index (χ3v) is 8.00. The number of rotatable bonds is 8. The van der Waals surface area contributed by atoms with Gasteiger partial charge in [0.25, 0.3) is 0 Å². The highest BCUT2D eigenvalue weighted by molar-refractivity contribution is 7.89. The summed E-state index contributed by atoms with van der Waals surface area (Å²) in [6.45, 7) is 2.15. The molecule has 1 fully saturated rings. The van der Waals surface area contributed by atoms with Gasteiger partial charge >= 0.3 is 0 Å². The molecule has 0 aromatic heterocycles. The molecule has 8 heteroatoms. The van der Waals surface area contributed by atoms with Gasteiger partial charge in [0.2, 0.25) is 10.0 Å². The number of benzene rings is 3. The molecule has 4 rings (SSSR count). The van der Waals surface area contributed by atoms with Gasteiger partial charge in [0.05, 0.1) is 14.2 Å². The lowest BCUT2D eigenvalue weighted by Gasteiger charge is -2.35. The zero-order valence-electron chi connectivity index (χ0n) is 19.8. The summed E-state index contributed by atoms with van der Waals surface area (Å²) in [6, 6.07) is 19.4. The summed E-state index contributed by atoms with van der Waals surface area (Å²) in [6.07, 6.45) is 3.76. The van der Waals surface area contributed by atoms with Crippen LogP contribution >= 0.6 is 12.4 Å². The smallest absolute Gasteiger partial charge is 0.244 e. The number of fused-ring (bicyclic) bond motifs is 1. The molecule has 2 N–H and O–H groups in total. The molecule has 0 saturated heterocycles. The molecule has 1 aliphatic rings. The average Bonchev–Trinajstić information content (AvgIpc) is 2.84. The van der Waals surface area contributed by atoms with Crippen molar-refractivity contribution in [3.63, 3.8) is 0 Å². The summed E-state index contributed by atoms with van der Waals surface area (Å²) < 4.78 is 40.2. The first kappa shape index (κ1) is 26.3. The molecule has 0 radical (unpaired) electrons. The molecule has 0 amide bonds. The molecule has 3 aromatic carbocycles. The van der Waals surface area contributed by atoms with Gasteiger partial charge in [0.15, 0.2) is 0 Å². The third-order valence-electron chi connectivity index (χ3n) is 6.49. The number of nitrogens with one attached hydrogen (secondary N) is 2. The fraction of sp³-hybridized carbons (Fsp3) is 0.385. The summed E-state index contributed by atoms with van der Waals surface area (Å²) in [4.78, 5) is 0.0933. The Morgan fingerprint density at radius 1 is 0.912 bits per heavy atom. The molecule has 3 aromatic rings. The van der Waals surface area contributed by atoms with Crippen LogP contribution in [0.1, 0.15) is 44.2 Å². The van der Waals surface area contributed by atoms with E-state index in [4.69, 9.17) is 9.47 Å². The van der Waals surface area contributed by atoms with E-state index >= 15 is 0 Å². The van der Waals surface area contributed by atoms with Crippen LogP contribution in [0.15, 0.2) is 65.6 Å². The van der Waals surface area contributed by atoms with Gasteiger partial charge in [-0.1, -0.05) is 55.3 Å². The molecule has 0 heterocycles. The standard InChI is InChI=1S/C26H32N2O4S.ClH/c1-18(21-12-8-10-19-9-4-5-11-22(19)21)27-23-13-6-7-14-24(23)28-33(29,30)26-17-20(31-2)15-16-25(26)32-3;/h4-5,8-12,15-18,23-24,27-28H,6-7,13-14H2,1-3H3;1H/t18?,23-,24?;/m0./s1. The van der Waals surface area contributed by atoms with E-state index in [9.17, 15) is 8.42 Å². The van der Waals surface area contributed by atoms with Crippen LogP contribution in [0.5, 0.6) is 11.5 Å². The molecule has 3 atom stereocenters. The molecule has 0 spiro atoms. The van der Waals surface area contributed by atoms with Gasteiger partial charge in [-0.3, -0.25) is 0 Å². The lowest BCUT2D eigenvalue weighted by Crippen LogP contribution is -2.52. The predicted molar refractivity (Wildman–Crippen MR) is 139 cm³/mol. The number of halogens is 1. The van der Waals surface area contributed by atoms with E-state index in [-0.39, 0.29) is 35.4 Å². The van der Waals surface area contributed by atoms with E-state index in [0.29, 0.717) is 11.5 Å². The van der Waals surface area contributed by atoms with Crippen molar-refractivity contribution in [2.75, 3.05) is 14.2 Å². The molecule has 0 aliphatic heterocycles. The Hall–Kier alpha value is -2.32. The van der Waals surface area contributed by atoms with Crippen LogP contribution in [0.2, 0.25) is 0 Å². The van der Waals surface area contributed by atoms with Gasteiger partial charge in [0, 0.05) is 24.2 Å². The Kier molecular flexibility index (Phi) is 8.82. The fourth-order valence-electron chi connectivity index (χ4n) is 4.77. The lowest BCUT2D eigenvalue weighted by molar-refractivity contribution is 0.291. The highest BCUT2D eigenvalue weighted by atomic mass is 35.5. The van der Waals surface area contributed by atoms with Crippen LogP contribution in [-0.2, 0) is 10.0 Å². The van der Waals surface area contributed by atoms with Gasteiger partial charge in [-0.2, -0.15) is 0 Å². The van der Waals surface area contributed by atoms with Gasteiger partial charge in [0.1, 0.15) is 16.4 Å². The topological polar surface area (TPSA) is 76.7 Å². The number of methoxy groups -OCH3 is 2. The monoisotopic (exact) mass is 504 g/mol. The number of hydrogen-bond acceptors (Lipinski definition) is 5. The maximum absolute atomic E-state index is 13.3. The molecule has 2 unspecified atom stereocenters. The third kappa shape index (κ3) is 5.66. The first-order chi connectivity index (χ1) is 15.9. The molecular weight excluding hydrogens is 472 g/mol. The van der Waals surface area contributed by atoms with Gasteiger partial charge in [-0.05, 0) is 48.2 Å². The number of sulfonamides is 1. The van der Waals surface area contributed by atoms with Crippen molar-refractivity contribution in [1.82, 2.24) is 10.0 Å². The zero-order valence-corrected chi connectivity index (χ0v) is 21.4. The molecule has 34 heavy (non-hydrogen) atoms. The van der Waals surface area contributed by atoms with Crippen LogP contribution in [0.25, 0.3) is 10.8 Å². The Bertz CT molecular complexity index is 1210. The Morgan fingerprint density at radius 3 is 2.35 bits per heavy atom. The Labute approximate surface area is 208 Å². The predicted octanol–water partition coefficient (Wildman–Crippen LogP) is 5.22. The second-order valence-electron chi connectivity index (χ2n) is 8.59. The number of ether oxygens (including phenoxy) is 2. The highest BCUT2D eigenvalue weighted by Gasteiger charge is 2.32. The van der Waals surface area contributed by atoms with Crippen LogP contribution in [0.4, 0.5) is 0 Å². The SMILES string of the molecule is COc1ccc(OC)c(S(=O)(=O)NC2CCCC[C@@H]2NC(C)c2cccc3ccccc23)c1.Cl. The minimum Gasteiger partial charge on any atom is -0.497 e. The van der Waals surface area contributed by atoms with Gasteiger partial charge < -0.3 is 14.8 Å². The van der Waals surface area contributed by atoms with Crippen molar-refractivity contribution < 1.29 is 17.9 Å². The van der Waals surface area contributed by atoms with E-state index in [1.807, 2.05) is 6.07 Å². The van der Waals surface area contributed by atoms with Crippen molar-refractivity contribution in [2.24, 2.45) is 0 Å². The molecule has 6 nitrogen and oxygen atoms in total. The molecule has 1 saturated carbocycles. The zero-order chi connectivity index (χ0) is 23.4. The van der Waals surface area contributed by atoms with Crippen LogP contribution < -0.4 is 19.5 Å². The normalized spacial score (nSPS) is 19.3. The molecular formula is C26H33ClN2O4S. The summed E-state index contributed by atoms with van der Waals surface area (Å²) in [5.41, 5.74) is 1.22. The van der Waals surface area contributed by atoms with Crippen LogP contribution in [-0.4, -0.2) is 34.7 Å². The van der Waals surface area contributed by atoms with E-state index in [1.54, 1.807) is 12.1 Å². The lowest BCUT2D eigenvalue weighted by atomic mass is 9.89. The Morgan fingerprint density at radius 2 is 1.62 bits per heavy atom. The van der Waals surface area contributed by atoms with E-state index in [2.05, 4.69) is 53.4 Å². The second kappa shape index (κ2) is 11.4. The maximum Gasteiger partial charge on any atom is 0.244 e. The summed E-state index contributed by atoms with van der Waals surface area (Å²) >= 11 is 0. The minimum absolute atomic E-state index is 0. The number of hydrogen-bond donors (Lipinski definition) is 2. The van der Waals surface area contributed by atoms with Crippen molar-refractivity contribution in [3.8, 4) is 11.5 Å². The van der Waals surface area contributed by atoms with E-state index < -0.39 is 10.0 Å². The van der Waals surface area contributed by atoms with Crippen molar-refractivity contribution in [1.29, 1.82) is 0 Å². The summed E-state index contributed by atoms with van der Waals surface area (Å²) in [5, 5.41) is 6.14. The molecule has 184 valence electrons. The first-order valence-electron chi connectivity index (χ1n) is 11.4. The highest BCUT2D eigenvalue weighted by Crippen LogP contribution is 2.31. The minimum atomic E-state index is -3.80. The molecule has 1 aliphatic carbocycles. The summed E-state index contributed by atoms with van der Waals surface area (Å²) in [7, 11) is -0.813. The van der Waals surface area contributed by atoms with E-state index in [0.717, 1.165) is 25.7 Å². The van der Waals surface area contributed by atoms with Crippen molar-refractivity contribution in [2.45, 2.75) is 55.6 Å². The van der Waals surface area contributed by atoms with Crippen molar-refractivity contribution in [3.05, 3.63) is 66.2 Å². The largest absolute Gasteiger partial charge is 0.497 e. The van der Waals surface area contributed by atoms with Crippen LogP contribution in [0, 0.1) is 0 Å². The quantitative estimate of drug-likeness (QED) is 0.440. The fourth-order valence-corrected chi connectivity index (χ4v) is 6.26. The van der Waals surface area contributed by atoms with Gasteiger partial charge in [-0.25, -0.2) is 13.1 Å². The van der Waals surface area contributed by atoms with E-state index in [1.165, 1.54) is 36.6 Å². The average molecular weight is 505 g/mol. The first-order valence-corrected chi connectivity index (χ1v) is 12.9. The van der Waals surface area contributed by atoms with Gasteiger partial charge in [-0.15, -0.1) is 12.4 Å². The summed E-state index contributed by atoms with van der Waals surface area (Å²) in [5.74, 6) is 0.770. The van der Waals surface area contributed by atoms with Crippen molar-refractivity contribution >= 4 is 33.2 Å². The second-order valence-corrected chi connectivity index (χ2v) is 10.3. The molecule has 0 bridgehead atoms.